The topological polar surface area (TPSA) is 118 Å². The SMILES string of the molecule is CCn1cncc1Cn1c(CN2CCC(Oc3ccc(F)c(COc4ccc(C#N)cc4F)c3)CC2)nc2ccc(/C=C/C(=O)O)cc21. The van der Waals surface area contributed by atoms with Gasteiger partial charge in [-0.3, -0.25) is 4.90 Å². The van der Waals surface area contributed by atoms with Crippen LogP contribution in [0.3, 0.4) is 0 Å². The number of hydrogen-bond acceptors (Lipinski definition) is 7. The number of carboxylic acid groups (broad SMARTS) is 1. The van der Waals surface area contributed by atoms with Gasteiger partial charge in [-0.05, 0) is 79.9 Å². The van der Waals surface area contributed by atoms with Crippen molar-refractivity contribution < 1.29 is 28.2 Å². The molecule has 0 saturated carbocycles. The molecule has 1 aliphatic heterocycles. The van der Waals surface area contributed by atoms with E-state index in [-0.39, 0.29) is 29.6 Å². The third-order valence-electron chi connectivity index (χ3n) is 8.39. The van der Waals surface area contributed by atoms with Gasteiger partial charge in [-0.2, -0.15) is 5.26 Å². The lowest BCUT2D eigenvalue weighted by molar-refractivity contribution is -0.131. The van der Waals surface area contributed by atoms with E-state index in [0.717, 1.165) is 72.7 Å². The summed E-state index contributed by atoms with van der Waals surface area (Å²) in [6, 6.07) is 15.9. The molecule has 1 aliphatic rings. The number of piperidine rings is 1. The number of rotatable bonds is 12. The summed E-state index contributed by atoms with van der Waals surface area (Å²) in [6.07, 6.45) is 7.81. The number of carboxylic acids is 1. The Bertz CT molecular complexity index is 2010. The molecular formula is C36H34F2N6O4. The molecule has 0 amide bonds. The molecule has 12 heteroatoms. The highest BCUT2D eigenvalue weighted by molar-refractivity contribution is 5.87. The van der Waals surface area contributed by atoms with E-state index in [0.29, 0.717) is 18.8 Å². The number of aliphatic carboxylic acids is 1. The van der Waals surface area contributed by atoms with Crippen molar-refractivity contribution in [3.63, 3.8) is 0 Å². The van der Waals surface area contributed by atoms with Crippen molar-refractivity contribution in [3.8, 4) is 17.6 Å². The Morgan fingerprint density at radius 1 is 1.08 bits per heavy atom. The van der Waals surface area contributed by atoms with Crippen molar-refractivity contribution >= 4 is 23.1 Å². The molecule has 1 N–H and O–H groups in total. The molecule has 0 aliphatic carbocycles. The summed E-state index contributed by atoms with van der Waals surface area (Å²) in [4.78, 5) is 22.7. The second-order valence-corrected chi connectivity index (χ2v) is 11.6. The Hall–Kier alpha value is -5.54. The molecule has 2 aromatic heterocycles. The minimum atomic E-state index is -1.01. The van der Waals surface area contributed by atoms with Gasteiger partial charge in [0, 0.05) is 37.5 Å². The molecule has 5 aromatic rings. The largest absolute Gasteiger partial charge is 0.490 e. The van der Waals surface area contributed by atoms with Crippen LogP contribution in [0, 0.1) is 23.0 Å². The van der Waals surface area contributed by atoms with Gasteiger partial charge in [0.15, 0.2) is 11.6 Å². The first-order valence-corrected chi connectivity index (χ1v) is 15.7. The number of carbonyl (C=O) groups is 1. The van der Waals surface area contributed by atoms with Crippen LogP contribution in [0.5, 0.6) is 11.5 Å². The van der Waals surface area contributed by atoms with Crippen LogP contribution in [0.2, 0.25) is 0 Å². The van der Waals surface area contributed by atoms with E-state index in [2.05, 4.69) is 25.9 Å². The summed E-state index contributed by atoms with van der Waals surface area (Å²) in [5.74, 6) is -0.832. The van der Waals surface area contributed by atoms with Crippen molar-refractivity contribution in [1.29, 1.82) is 5.26 Å². The number of nitrogens with zero attached hydrogens (tertiary/aromatic N) is 6. The number of aryl methyl sites for hydroxylation is 1. The number of likely N-dealkylation sites (tertiary alicyclic amines) is 1. The Balaban J connectivity index is 1.12. The van der Waals surface area contributed by atoms with E-state index < -0.39 is 17.6 Å². The van der Waals surface area contributed by atoms with Crippen LogP contribution >= 0.6 is 0 Å². The van der Waals surface area contributed by atoms with Crippen LogP contribution in [0.25, 0.3) is 17.1 Å². The van der Waals surface area contributed by atoms with Gasteiger partial charge < -0.3 is 23.7 Å². The molecule has 6 rings (SSSR count). The average Bonchev–Trinajstić information content (AvgIpc) is 3.68. The van der Waals surface area contributed by atoms with Crippen LogP contribution in [-0.4, -0.2) is 54.3 Å². The van der Waals surface area contributed by atoms with Crippen LogP contribution < -0.4 is 9.47 Å². The van der Waals surface area contributed by atoms with E-state index in [9.17, 15) is 13.6 Å². The Morgan fingerprint density at radius 3 is 2.67 bits per heavy atom. The molecule has 0 unspecified atom stereocenters. The van der Waals surface area contributed by atoms with Crippen LogP contribution in [0.1, 0.15) is 48.0 Å². The van der Waals surface area contributed by atoms with Crippen molar-refractivity contribution in [2.24, 2.45) is 0 Å². The number of halogens is 2. The van der Waals surface area contributed by atoms with E-state index in [4.69, 9.17) is 24.8 Å². The molecule has 246 valence electrons. The Morgan fingerprint density at radius 2 is 1.92 bits per heavy atom. The maximum Gasteiger partial charge on any atom is 0.328 e. The van der Waals surface area contributed by atoms with E-state index >= 15 is 0 Å². The summed E-state index contributed by atoms with van der Waals surface area (Å²) in [5, 5.41) is 18.0. The molecule has 0 atom stereocenters. The fourth-order valence-corrected chi connectivity index (χ4v) is 5.84. The summed E-state index contributed by atoms with van der Waals surface area (Å²) >= 11 is 0. The number of hydrogen-bond donors (Lipinski definition) is 1. The van der Waals surface area contributed by atoms with E-state index in [1.807, 2.05) is 36.8 Å². The Labute approximate surface area is 276 Å². The first kappa shape index (κ1) is 32.4. The summed E-state index contributed by atoms with van der Waals surface area (Å²) in [6.45, 7) is 5.38. The first-order valence-electron chi connectivity index (χ1n) is 15.7. The number of fused-ring (bicyclic) bond motifs is 1. The van der Waals surface area contributed by atoms with Crippen molar-refractivity contribution in [1.82, 2.24) is 24.0 Å². The van der Waals surface area contributed by atoms with Gasteiger partial charge in [0.25, 0.3) is 0 Å². The van der Waals surface area contributed by atoms with Crippen molar-refractivity contribution in [2.75, 3.05) is 13.1 Å². The molecule has 3 heterocycles. The fraction of sp³-hybridized carbons (Fsp3) is 0.278. The number of aromatic nitrogens is 4. The van der Waals surface area contributed by atoms with Gasteiger partial charge in [0.2, 0.25) is 0 Å². The molecule has 1 saturated heterocycles. The van der Waals surface area contributed by atoms with Gasteiger partial charge in [-0.1, -0.05) is 6.07 Å². The second-order valence-electron chi connectivity index (χ2n) is 11.6. The minimum Gasteiger partial charge on any atom is -0.490 e. The highest BCUT2D eigenvalue weighted by Crippen LogP contribution is 2.26. The van der Waals surface area contributed by atoms with E-state index in [1.54, 1.807) is 18.2 Å². The number of ether oxygens (including phenoxy) is 2. The zero-order chi connectivity index (χ0) is 33.6. The Kier molecular flexibility index (Phi) is 9.78. The summed E-state index contributed by atoms with van der Waals surface area (Å²) in [7, 11) is 0. The van der Waals surface area contributed by atoms with Gasteiger partial charge in [0.05, 0.1) is 47.8 Å². The lowest BCUT2D eigenvalue weighted by Crippen LogP contribution is -2.38. The molecule has 10 nitrogen and oxygen atoms in total. The molecule has 48 heavy (non-hydrogen) atoms. The van der Waals surface area contributed by atoms with Crippen LogP contribution in [0.4, 0.5) is 8.78 Å². The second kappa shape index (κ2) is 14.5. The third-order valence-corrected chi connectivity index (χ3v) is 8.39. The van der Waals surface area contributed by atoms with Gasteiger partial charge in [0.1, 0.15) is 30.1 Å². The van der Waals surface area contributed by atoms with Crippen LogP contribution in [-0.2, 0) is 31.0 Å². The number of benzene rings is 3. The zero-order valence-corrected chi connectivity index (χ0v) is 26.4. The zero-order valence-electron chi connectivity index (χ0n) is 26.4. The monoisotopic (exact) mass is 652 g/mol. The summed E-state index contributed by atoms with van der Waals surface area (Å²) < 4.78 is 44.8. The average molecular weight is 653 g/mol. The lowest BCUT2D eigenvalue weighted by atomic mass is 10.1. The van der Waals surface area contributed by atoms with Crippen molar-refractivity contribution in [2.45, 2.75) is 52.1 Å². The normalized spacial score (nSPS) is 14.0. The molecule has 0 spiro atoms. The lowest BCUT2D eigenvalue weighted by Gasteiger charge is -2.32. The standard InChI is InChI=1S/C36H34F2N6O4/c1-2-43-23-40-19-27(43)20-44-33-16-24(5-10-36(45)46)3-8-32(33)41-35(44)21-42-13-11-28(12-14-42)48-29-6-7-30(37)26(17-29)22-47-34-9-4-25(18-39)15-31(34)38/h3-10,15-17,19,23,28H,2,11-14,20-22H2,1H3,(H,45,46)/b10-5+. The maximum atomic E-state index is 14.6. The smallest absolute Gasteiger partial charge is 0.328 e. The quantitative estimate of drug-likeness (QED) is 0.159. The fourth-order valence-electron chi connectivity index (χ4n) is 5.84. The number of imidazole rings is 2. The molecular weight excluding hydrogens is 618 g/mol. The highest BCUT2D eigenvalue weighted by Gasteiger charge is 2.24. The highest BCUT2D eigenvalue weighted by atomic mass is 19.1. The molecule has 0 radical (unpaired) electrons. The maximum absolute atomic E-state index is 14.6. The van der Waals surface area contributed by atoms with Crippen molar-refractivity contribution in [3.05, 3.63) is 113 Å². The van der Waals surface area contributed by atoms with Gasteiger partial charge in [-0.25, -0.2) is 23.5 Å². The third kappa shape index (κ3) is 7.53. The molecule has 0 bridgehead atoms. The van der Waals surface area contributed by atoms with Crippen LogP contribution in [0.15, 0.2) is 73.2 Å². The van der Waals surface area contributed by atoms with E-state index in [1.165, 1.54) is 18.2 Å². The summed E-state index contributed by atoms with van der Waals surface area (Å²) in [5.41, 5.74) is 3.97. The predicted octanol–water partition coefficient (Wildman–Crippen LogP) is 6.17. The van der Waals surface area contributed by atoms with Gasteiger partial charge in [-0.15, -0.1) is 0 Å². The molecule has 3 aromatic carbocycles. The minimum absolute atomic E-state index is 0.0629. The predicted molar refractivity (Wildman–Crippen MR) is 174 cm³/mol. The number of nitriles is 1. The molecule has 1 fully saturated rings. The van der Waals surface area contributed by atoms with Gasteiger partial charge >= 0.3 is 5.97 Å². The first-order chi connectivity index (χ1) is 23.3.